The van der Waals surface area contributed by atoms with Gasteiger partial charge >= 0.3 is 0 Å². The van der Waals surface area contributed by atoms with Crippen molar-refractivity contribution in [1.82, 2.24) is 4.90 Å². The van der Waals surface area contributed by atoms with Crippen molar-refractivity contribution in [3.8, 4) is 0 Å². The molecule has 0 saturated carbocycles. The fourth-order valence-corrected chi connectivity index (χ4v) is 1.63. The molecule has 1 heterocycles. The van der Waals surface area contributed by atoms with Crippen LogP contribution in [-0.4, -0.2) is 46.5 Å². The van der Waals surface area contributed by atoms with Crippen molar-refractivity contribution in [2.45, 2.75) is 44.8 Å². The summed E-state index contributed by atoms with van der Waals surface area (Å²) in [5.41, 5.74) is -0.457. The third kappa shape index (κ3) is 4.07. The van der Waals surface area contributed by atoms with Gasteiger partial charge in [-0.05, 0) is 33.1 Å². The average Bonchev–Trinajstić information content (AvgIpc) is 2.02. The molecule has 78 valence electrons. The van der Waals surface area contributed by atoms with Crippen LogP contribution in [0.3, 0.4) is 0 Å². The molecule has 1 rings (SSSR count). The Labute approximate surface area is 80.4 Å². The second-order valence-electron chi connectivity index (χ2n) is 4.48. The Hall–Kier alpha value is -0.120. The van der Waals surface area contributed by atoms with Crippen LogP contribution < -0.4 is 0 Å². The number of likely N-dealkylation sites (tertiary alicyclic amines) is 1. The average molecular weight is 187 g/mol. The van der Waals surface area contributed by atoms with Gasteiger partial charge in [0.2, 0.25) is 0 Å². The van der Waals surface area contributed by atoms with Crippen LogP contribution in [0.25, 0.3) is 0 Å². The van der Waals surface area contributed by atoms with E-state index in [-0.39, 0.29) is 6.10 Å². The van der Waals surface area contributed by atoms with Crippen LogP contribution in [0.1, 0.15) is 33.1 Å². The van der Waals surface area contributed by atoms with E-state index in [1.54, 1.807) is 0 Å². The van der Waals surface area contributed by atoms with Crippen LogP contribution in [-0.2, 0) is 0 Å². The van der Waals surface area contributed by atoms with Crippen molar-refractivity contribution in [2.75, 3.05) is 19.6 Å². The number of hydrogen-bond donors (Lipinski definition) is 2. The Morgan fingerprint density at radius 1 is 1.38 bits per heavy atom. The minimum Gasteiger partial charge on any atom is -0.393 e. The first kappa shape index (κ1) is 11.0. The SMILES string of the molecule is CC(O)CCN1CCC(C)(O)CC1. The van der Waals surface area contributed by atoms with Gasteiger partial charge in [0.1, 0.15) is 0 Å². The quantitative estimate of drug-likeness (QED) is 0.680. The predicted molar refractivity (Wildman–Crippen MR) is 52.6 cm³/mol. The molecule has 0 bridgehead atoms. The van der Waals surface area contributed by atoms with Gasteiger partial charge in [0, 0.05) is 19.6 Å². The maximum Gasteiger partial charge on any atom is 0.0644 e. The van der Waals surface area contributed by atoms with Gasteiger partial charge in [-0.3, -0.25) is 0 Å². The van der Waals surface area contributed by atoms with Crippen molar-refractivity contribution in [3.63, 3.8) is 0 Å². The third-order valence-electron chi connectivity index (χ3n) is 2.80. The van der Waals surface area contributed by atoms with Gasteiger partial charge in [0.05, 0.1) is 11.7 Å². The fraction of sp³-hybridized carbons (Fsp3) is 1.00. The number of hydrogen-bond acceptors (Lipinski definition) is 3. The fourth-order valence-electron chi connectivity index (χ4n) is 1.63. The molecule has 0 aromatic carbocycles. The van der Waals surface area contributed by atoms with E-state index in [1.165, 1.54) is 0 Å². The van der Waals surface area contributed by atoms with E-state index in [2.05, 4.69) is 4.90 Å². The van der Waals surface area contributed by atoms with Crippen molar-refractivity contribution in [1.29, 1.82) is 0 Å². The lowest BCUT2D eigenvalue weighted by molar-refractivity contribution is -0.00763. The van der Waals surface area contributed by atoms with Crippen LogP contribution in [0.2, 0.25) is 0 Å². The van der Waals surface area contributed by atoms with Gasteiger partial charge in [-0.1, -0.05) is 0 Å². The molecule has 0 spiro atoms. The summed E-state index contributed by atoms with van der Waals surface area (Å²) in [4.78, 5) is 2.31. The van der Waals surface area contributed by atoms with E-state index in [9.17, 15) is 5.11 Å². The molecule has 0 aliphatic carbocycles. The normalized spacial score (nSPS) is 25.8. The van der Waals surface area contributed by atoms with E-state index in [0.29, 0.717) is 0 Å². The van der Waals surface area contributed by atoms with Crippen LogP contribution in [0, 0.1) is 0 Å². The van der Waals surface area contributed by atoms with Gasteiger partial charge < -0.3 is 15.1 Å². The number of piperidine rings is 1. The molecule has 1 fully saturated rings. The Kier molecular flexibility index (Phi) is 3.71. The standard InChI is InChI=1S/C10H21NO2/c1-9(12)3-6-11-7-4-10(2,13)5-8-11/h9,12-13H,3-8H2,1-2H3. The van der Waals surface area contributed by atoms with Gasteiger partial charge in [0.25, 0.3) is 0 Å². The molecule has 1 unspecified atom stereocenters. The Morgan fingerprint density at radius 3 is 2.38 bits per heavy atom. The van der Waals surface area contributed by atoms with Crippen LogP contribution in [0.15, 0.2) is 0 Å². The molecule has 0 aromatic rings. The highest BCUT2D eigenvalue weighted by molar-refractivity contribution is 4.81. The number of nitrogens with zero attached hydrogens (tertiary/aromatic N) is 1. The maximum atomic E-state index is 9.69. The highest BCUT2D eigenvalue weighted by Crippen LogP contribution is 2.20. The summed E-state index contributed by atoms with van der Waals surface area (Å²) in [5, 5.41) is 18.8. The largest absolute Gasteiger partial charge is 0.393 e. The van der Waals surface area contributed by atoms with Crippen molar-refractivity contribution < 1.29 is 10.2 Å². The molecular formula is C10H21NO2. The topological polar surface area (TPSA) is 43.7 Å². The lowest BCUT2D eigenvalue weighted by Crippen LogP contribution is -2.43. The van der Waals surface area contributed by atoms with Gasteiger partial charge in [-0.25, -0.2) is 0 Å². The van der Waals surface area contributed by atoms with E-state index < -0.39 is 5.60 Å². The Bertz CT molecular complexity index is 144. The molecule has 2 N–H and O–H groups in total. The van der Waals surface area contributed by atoms with Gasteiger partial charge in [-0.2, -0.15) is 0 Å². The summed E-state index contributed by atoms with van der Waals surface area (Å²) in [7, 11) is 0. The first-order valence-corrected chi connectivity index (χ1v) is 5.12. The zero-order valence-electron chi connectivity index (χ0n) is 8.66. The van der Waals surface area contributed by atoms with Crippen LogP contribution in [0.4, 0.5) is 0 Å². The van der Waals surface area contributed by atoms with Crippen LogP contribution in [0.5, 0.6) is 0 Å². The molecule has 1 aliphatic heterocycles. The summed E-state index contributed by atoms with van der Waals surface area (Å²) in [6.07, 6.45) is 2.34. The molecular weight excluding hydrogens is 166 g/mol. The molecule has 1 saturated heterocycles. The van der Waals surface area contributed by atoms with E-state index in [0.717, 1.165) is 38.9 Å². The Morgan fingerprint density at radius 2 is 1.92 bits per heavy atom. The minimum atomic E-state index is -0.457. The number of aliphatic hydroxyl groups excluding tert-OH is 1. The molecule has 3 heteroatoms. The maximum absolute atomic E-state index is 9.69. The van der Waals surface area contributed by atoms with E-state index in [1.807, 2.05) is 13.8 Å². The second-order valence-corrected chi connectivity index (χ2v) is 4.48. The molecule has 1 atom stereocenters. The molecule has 0 amide bonds. The highest BCUT2D eigenvalue weighted by Gasteiger charge is 2.26. The first-order chi connectivity index (χ1) is 5.99. The predicted octanol–water partition coefficient (Wildman–Crippen LogP) is 0.604. The zero-order chi connectivity index (χ0) is 9.90. The number of aliphatic hydroxyl groups is 2. The summed E-state index contributed by atoms with van der Waals surface area (Å²) < 4.78 is 0. The van der Waals surface area contributed by atoms with Crippen molar-refractivity contribution in [3.05, 3.63) is 0 Å². The minimum absolute atomic E-state index is 0.206. The summed E-state index contributed by atoms with van der Waals surface area (Å²) in [5.74, 6) is 0. The van der Waals surface area contributed by atoms with E-state index in [4.69, 9.17) is 5.11 Å². The lowest BCUT2D eigenvalue weighted by atomic mass is 9.94. The Balaban J connectivity index is 2.18. The molecule has 0 radical (unpaired) electrons. The first-order valence-electron chi connectivity index (χ1n) is 5.12. The summed E-state index contributed by atoms with van der Waals surface area (Å²) in [6.45, 7) is 6.59. The van der Waals surface area contributed by atoms with E-state index >= 15 is 0 Å². The van der Waals surface area contributed by atoms with Gasteiger partial charge in [0.15, 0.2) is 0 Å². The third-order valence-corrected chi connectivity index (χ3v) is 2.80. The number of rotatable bonds is 3. The summed E-state index contributed by atoms with van der Waals surface area (Å²) in [6, 6.07) is 0. The van der Waals surface area contributed by atoms with Crippen LogP contribution >= 0.6 is 0 Å². The van der Waals surface area contributed by atoms with Crippen molar-refractivity contribution in [2.24, 2.45) is 0 Å². The molecule has 0 aromatic heterocycles. The molecule has 1 aliphatic rings. The molecule has 13 heavy (non-hydrogen) atoms. The lowest BCUT2D eigenvalue weighted by Gasteiger charge is -2.35. The zero-order valence-corrected chi connectivity index (χ0v) is 8.66. The van der Waals surface area contributed by atoms with Gasteiger partial charge in [-0.15, -0.1) is 0 Å². The smallest absolute Gasteiger partial charge is 0.0644 e. The second kappa shape index (κ2) is 4.40. The molecule has 3 nitrogen and oxygen atoms in total. The monoisotopic (exact) mass is 187 g/mol. The highest BCUT2D eigenvalue weighted by atomic mass is 16.3. The van der Waals surface area contributed by atoms with Crippen molar-refractivity contribution >= 4 is 0 Å². The summed E-state index contributed by atoms with van der Waals surface area (Å²) >= 11 is 0.